The van der Waals surface area contributed by atoms with Crippen molar-refractivity contribution in [1.82, 2.24) is 14.2 Å². The summed E-state index contributed by atoms with van der Waals surface area (Å²) in [5.74, 6) is 0. The molecule has 0 saturated carbocycles. The number of nitrogens with zero attached hydrogens (tertiary/aromatic N) is 3. The summed E-state index contributed by atoms with van der Waals surface area (Å²) in [4.78, 5) is 6.60. The fourth-order valence-corrected chi connectivity index (χ4v) is 4.81. The van der Waals surface area contributed by atoms with Gasteiger partial charge in [-0.15, -0.1) is 0 Å². The molecule has 0 N–H and O–H groups in total. The van der Waals surface area contributed by atoms with Gasteiger partial charge in [-0.1, -0.05) is 24.6 Å². The Labute approximate surface area is 150 Å². The lowest BCUT2D eigenvalue weighted by atomic mass is 10.1. The summed E-state index contributed by atoms with van der Waals surface area (Å²) in [5.41, 5.74) is 1.79. The molecule has 1 aromatic heterocycles. The van der Waals surface area contributed by atoms with Crippen molar-refractivity contribution in [3.8, 4) is 11.1 Å². The van der Waals surface area contributed by atoms with Crippen molar-refractivity contribution >= 4 is 10.0 Å². The van der Waals surface area contributed by atoms with Gasteiger partial charge in [0.05, 0.1) is 4.90 Å². The average Bonchev–Trinajstić information content (AvgIpc) is 2.89. The predicted molar refractivity (Wildman–Crippen MR) is 99.8 cm³/mol. The lowest BCUT2D eigenvalue weighted by molar-refractivity contribution is 0.248. The van der Waals surface area contributed by atoms with Gasteiger partial charge in [-0.25, -0.2) is 8.42 Å². The van der Waals surface area contributed by atoms with Crippen molar-refractivity contribution in [2.45, 2.75) is 30.2 Å². The minimum Gasteiger partial charge on any atom is -0.305 e. The molecule has 6 heteroatoms. The molecule has 0 aliphatic carbocycles. The largest absolute Gasteiger partial charge is 0.305 e. The van der Waals surface area contributed by atoms with Crippen LogP contribution in [-0.2, 0) is 10.0 Å². The van der Waals surface area contributed by atoms with Gasteiger partial charge in [0.25, 0.3) is 0 Å². The van der Waals surface area contributed by atoms with E-state index in [4.69, 9.17) is 0 Å². The van der Waals surface area contributed by atoms with Crippen molar-refractivity contribution in [3.05, 3.63) is 48.8 Å². The summed E-state index contributed by atoms with van der Waals surface area (Å²) < 4.78 is 28.0. The van der Waals surface area contributed by atoms with Crippen molar-refractivity contribution in [1.29, 1.82) is 0 Å². The Morgan fingerprint density at radius 3 is 2.64 bits per heavy atom. The smallest absolute Gasteiger partial charge is 0.243 e. The standard InChI is InChI=1S/C19H25N3O2S/c1-21(2)18-9-3-4-12-22(15-18)25(23,24)19-10-5-7-16(13-19)17-8-6-11-20-14-17/h5-8,10-11,13-14,18H,3-4,9,12,15H2,1-2H3/t18-/m0/s1. The van der Waals surface area contributed by atoms with E-state index in [1.54, 1.807) is 34.9 Å². The second kappa shape index (κ2) is 7.64. The molecule has 0 bridgehead atoms. The maximum Gasteiger partial charge on any atom is 0.243 e. The Bertz CT molecular complexity index is 806. The zero-order chi connectivity index (χ0) is 17.9. The first kappa shape index (κ1) is 18.0. The molecule has 1 aliphatic rings. The van der Waals surface area contributed by atoms with Gasteiger partial charge in [0.15, 0.2) is 0 Å². The van der Waals surface area contributed by atoms with Crippen molar-refractivity contribution in [2.75, 3.05) is 27.2 Å². The molecule has 0 unspecified atom stereocenters. The first-order chi connectivity index (χ1) is 12.0. The average molecular weight is 359 g/mol. The lowest BCUT2D eigenvalue weighted by Gasteiger charge is -2.28. The number of sulfonamides is 1. The number of hydrogen-bond donors (Lipinski definition) is 0. The highest BCUT2D eigenvalue weighted by Gasteiger charge is 2.29. The summed E-state index contributed by atoms with van der Waals surface area (Å²) in [6.45, 7) is 1.14. The molecule has 1 aliphatic heterocycles. The van der Waals surface area contributed by atoms with Crippen molar-refractivity contribution in [2.24, 2.45) is 0 Å². The number of pyridine rings is 1. The van der Waals surface area contributed by atoms with Gasteiger partial charge in [0.2, 0.25) is 10.0 Å². The number of aromatic nitrogens is 1. The molecule has 0 radical (unpaired) electrons. The molecule has 1 atom stereocenters. The van der Waals surface area contributed by atoms with E-state index >= 15 is 0 Å². The fourth-order valence-electron chi connectivity index (χ4n) is 3.24. The van der Waals surface area contributed by atoms with Crippen LogP contribution >= 0.6 is 0 Å². The first-order valence-electron chi connectivity index (χ1n) is 8.65. The van der Waals surface area contributed by atoms with Gasteiger partial charge >= 0.3 is 0 Å². The molecule has 3 rings (SSSR count). The minimum atomic E-state index is -3.50. The van der Waals surface area contributed by atoms with Crippen molar-refractivity contribution < 1.29 is 8.42 Å². The second-order valence-electron chi connectivity index (χ2n) is 6.75. The molecule has 1 fully saturated rings. The van der Waals surface area contributed by atoms with E-state index in [-0.39, 0.29) is 6.04 Å². The monoisotopic (exact) mass is 359 g/mol. The summed E-state index contributed by atoms with van der Waals surface area (Å²) in [6.07, 6.45) is 6.47. The molecular formula is C19H25N3O2S. The Morgan fingerprint density at radius 1 is 1.12 bits per heavy atom. The summed E-state index contributed by atoms with van der Waals surface area (Å²) in [7, 11) is 0.539. The van der Waals surface area contributed by atoms with Crippen LogP contribution in [0.5, 0.6) is 0 Å². The van der Waals surface area contributed by atoms with E-state index in [2.05, 4.69) is 9.88 Å². The zero-order valence-corrected chi connectivity index (χ0v) is 15.6. The topological polar surface area (TPSA) is 53.5 Å². The summed E-state index contributed by atoms with van der Waals surface area (Å²) in [5, 5.41) is 0. The highest BCUT2D eigenvalue weighted by atomic mass is 32.2. The maximum absolute atomic E-state index is 13.2. The fraction of sp³-hybridized carbons (Fsp3) is 0.421. The van der Waals surface area contributed by atoms with Gasteiger partial charge in [-0.05, 0) is 50.7 Å². The molecule has 2 heterocycles. The van der Waals surface area contributed by atoms with Gasteiger partial charge in [0, 0.05) is 37.1 Å². The van der Waals surface area contributed by atoms with Crippen molar-refractivity contribution in [3.63, 3.8) is 0 Å². The quantitative estimate of drug-likeness (QED) is 0.842. The van der Waals surface area contributed by atoms with E-state index in [0.29, 0.717) is 18.0 Å². The number of hydrogen-bond acceptors (Lipinski definition) is 4. The maximum atomic E-state index is 13.2. The summed E-state index contributed by atoms with van der Waals surface area (Å²) in [6, 6.07) is 11.2. The number of benzene rings is 1. The minimum absolute atomic E-state index is 0.263. The molecule has 2 aromatic rings. The van der Waals surface area contributed by atoms with Crippen LogP contribution in [-0.4, -0.2) is 55.8 Å². The SMILES string of the molecule is CN(C)[C@H]1CCCCN(S(=O)(=O)c2cccc(-c3cccnc3)c2)C1. The highest BCUT2D eigenvalue weighted by molar-refractivity contribution is 7.89. The predicted octanol–water partition coefficient (Wildman–Crippen LogP) is 2.85. The highest BCUT2D eigenvalue weighted by Crippen LogP contribution is 2.26. The van der Waals surface area contributed by atoms with E-state index in [9.17, 15) is 8.42 Å². The second-order valence-corrected chi connectivity index (χ2v) is 8.68. The van der Waals surface area contributed by atoms with E-state index in [0.717, 1.165) is 30.4 Å². The van der Waals surface area contributed by atoms with Gasteiger partial charge < -0.3 is 4.90 Å². The van der Waals surface area contributed by atoms with E-state index in [1.807, 2.05) is 32.3 Å². The molecule has 0 amide bonds. The molecule has 25 heavy (non-hydrogen) atoms. The molecular weight excluding hydrogens is 334 g/mol. The summed E-state index contributed by atoms with van der Waals surface area (Å²) >= 11 is 0. The van der Waals surface area contributed by atoms with Crippen LogP contribution in [0.15, 0.2) is 53.7 Å². The number of rotatable bonds is 4. The molecule has 5 nitrogen and oxygen atoms in total. The third kappa shape index (κ3) is 4.08. The van der Waals surface area contributed by atoms with Crippen LogP contribution in [0.3, 0.4) is 0 Å². The van der Waals surface area contributed by atoms with Crippen LogP contribution in [0.4, 0.5) is 0 Å². The first-order valence-corrected chi connectivity index (χ1v) is 10.1. The van der Waals surface area contributed by atoms with E-state index in [1.165, 1.54) is 0 Å². The van der Waals surface area contributed by atoms with Crippen LogP contribution in [0, 0.1) is 0 Å². The molecule has 1 aromatic carbocycles. The third-order valence-corrected chi connectivity index (χ3v) is 6.67. The van der Waals surface area contributed by atoms with Gasteiger partial charge in [0.1, 0.15) is 0 Å². The van der Waals surface area contributed by atoms with Gasteiger partial charge in [-0.2, -0.15) is 4.31 Å². The van der Waals surface area contributed by atoms with Crippen LogP contribution in [0.25, 0.3) is 11.1 Å². The van der Waals surface area contributed by atoms with Crippen LogP contribution in [0.2, 0.25) is 0 Å². The Hall–Kier alpha value is -1.76. The van der Waals surface area contributed by atoms with E-state index < -0.39 is 10.0 Å². The molecule has 134 valence electrons. The van der Waals surface area contributed by atoms with Crippen LogP contribution in [0.1, 0.15) is 19.3 Å². The number of likely N-dealkylation sites (N-methyl/N-ethyl adjacent to an activating group) is 1. The Morgan fingerprint density at radius 2 is 1.92 bits per heavy atom. The van der Waals surface area contributed by atoms with Crippen LogP contribution < -0.4 is 0 Å². The Balaban J connectivity index is 1.92. The third-order valence-electron chi connectivity index (χ3n) is 4.81. The lowest BCUT2D eigenvalue weighted by Crippen LogP contribution is -2.41. The van der Waals surface area contributed by atoms with Gasteiger partial charge in [-0.3, -0.25) is 4.98 Å². The molecule has 1 saturated heterocycles. The Kier molecular flexibility index (Phi) is 5.51. The normalized spacial score (nSPS) is 19.7. The molecule has 0 spiro atoms. The zero-order valence-electron chi connectivity index (χ0n) is 14.8.